The second-order valence-electron chi connectivity index (χ2n) is 4.97. The molecule has 0 radical (unpaired) electrons. The quantitative estimate of drug-likeness (QED) is 0.681. The predicted octanol–water partition coefficient (Wildman–Crippen LogP) is 2.33. The molecule has 2 aromatic heterocycles. The van der Waals surface area contributed by atoms with Gasteiger partial charge in [-0.3, -0.25) is 20.4 Å². The van der Waals surface area contributed by atoms with Gasteiger partial charge in [-0.05, 0) is 23.6 Å². The van der Waals surface area contributed by atoms with Crippen LogP contribution in [0, 0.1) is 5.82 Å². The summed E-state index contributed by atoms with van der Waals surface area (Å²) in [7, 11) is 0. The Kier molecular flexibility index (Phi) is 5.14. The second-order valence-corrected chi connectivity index (χ2v) is 5.92. The van der Waals surface area contributed by atoms with E-state index in [0.29, 0.717) is 11.7 Å². The van der Waals surface area contributed by atoms with Crippen molar-refractivity contribution in [1.82, 2.24) is 21.0 Å². The number of carbonyl (C=O) groups is 2. The predicted molar refractivity (Wildman–Crippen MR) is 87.9 cm³/mol. The number of aromatic nitrogens is 2. The molecule has 128 valence electrons. The maximum Gasteiger partial charge on any atom is 0.272 e. The van der Waals surface area contributed by atoms with Crippen molar-refractivity contribution < 1.29 is 18.5 Å². The fourth-order valence-electron chi connectivity index (χ4n) is 1.98. The maximum absolute atomic E-state index is 13.5. The molecule has 0 unspecified atom stereocenters. The fourth-order valence-corrected chi connectivity index (χ4v) is 2.63. The number of thiophene rings is 1. The average molecular weight is 360 g/mol. The Labute approximate surface area is 145 Å². The highest BCUT2D eigenvalue weighted by molar-refractivity contribution is 7.13. The molecule has 0 bridgehead atoms. The molecule has 3 rings (SSSR count). The summed E-state index contributed by atoms with van der Waals surface area (Å²) in [6.07, 6.45) is 0.253. The van der Waals surface area contributed by atoms with Crippen LogP contribution >= 0.6 is 11.3 Å². The molecule has 1 aromatic carbocycles. The standard InChI is InChI=1S/C16H13FN4O3S/c17-11-5-2-1-4-10(11)16(23)20-19-13(22)7-8-14-18-15(21-24-14)12-6-3-9-25-12/h1-6,9H,7-8H2,(H,19,22)(H,20,23). The number of hydrogen-bond donors (Lipinski definition) is 2. The first-order valence-corrected chi connectivity index (χ1v) is 8.21. The SMILES string of the molecule is O=C(CCc1nc(-c2cccs2)no1)NNC(=O)c1ccccc1F. The summed E-state index contributed by atoms with van der Waals surface area (Å²) < 4.78 is 18.5. The molecule has 3 aromatic rings. The lowest BCUT2D eigenvalue weighted by Gasteiger charge is -2.07. The van der Waals surface area contributed by atoms with Gasteiger partial charge < -0.3 is 4.52 Å². The molecule has 9 heteroatoms. The van der Waals surface area contributed by atoms with Crippen molar-refractivity contribution in [2.45, 2.75) is 12.8 Å². The molecule has 2 heterocycles. The van der Waals surface area contributed by atoms with Crippen molar-refractivity contribution in [3.05, 3.63) is 59.0 Å². The van der Waals surface area contributed by atoms with Crippen LogP contribution in [0.3, 0.4) is 0 Å². The van der Waals surface area contributed by atoms with Crippen LogP contribution < -0.4 is 10.9 Å². The number of hydrazine groups is 1. The van der Waals surface area contributed by atoms with Crippen LogP contribution in [0.5, 0.6) is 0 Å². The molecular formula is C16H13FN4O3S. The van der Waals surface area contributed by atoms with Crippen LogP contribution in [-0.2, 0) is 11.2 Å². The number of benzene rings is 1. The fraction of sp³-hybridized carbons (Fsp3) is 0.125. The molecule has 0 aliphatic heterocycles. The molecule has 0 saturated carbocycles. The van der Waals surface area contributed by atoms with Gasteiger partial charge in [-0.2, -0.15) is 4.98 Å². The minimum Gasteiger partial charge on any atom is -0.339 e. The third-order valence-corrected chi connectivity index (χ3v) is 4.08. The Morgan fingerprint density at radius 1 is 1.16 bits per heavy atom. The number of halogens is 1. The van der Waals surface area contributed by atoms with E-state index in [9.17, 15) is 14.0 Å². The van der Waals surface area contributed by atoms with Crippen molar-refractivity contribution in [3.63, 3.8) is 0 Å². The zero-order valence-electron chi connectivity index (χ0n) is 12.9. The zero-order valence-corrected chi connectivity index (χ0v) is 13.7. The molecule has 25 heavy (non-hydrogen) atoms. The van der Waals surface area contributed by atoms with Crippen molar-refractivity contribution in [2.24, 2.45) is 0 Å². The van der Waals surface area contributed by atoms with Gasteiger partial charge in [0.15, 0.2) is 0 Å². The Morgan fingerprint density at radius 3 is 2.76 bits per heavy atom. The molecule has 0 saturated heterocycles. The third kappa shape index (κ3) is 4.27. The number of aryl methyl sites for hydroxylation is 1. The highest BCUT2D eigenvalue weighted by Crippen LogP contribution is 2.21. The van der Waals surface area contributed by atoms with E-state index in [2.05, 4.69) is 21.0 Å². The van der Waals surface area contributed by atoms with E-state index in [1.54, 1.807) is 0 Å². The molecule has 7 nitrogen and oxygen atoms in total. The van der Waals surface area contributed by atoms with Crippen molar-refractivity contribution >= 4 is 23.2 Å². The zero-order chi connectivity index (χ0) is 17.6. The van der Waals surface area contributed by atoms with Gasteiger partial charge in [0.05, 0.1) is 10.4 Å². The first-order chi connectivity index (χ1) is 12.1. The molecule has 0 atom stereocenters. The van der Waals surface area contributed by atoms with Crippen molar-refractivity contribution in [1.29, 1.82) is 0 Å². The average Bonchev–Trinajstić information content (AvgIpc) is 3.29. The topological polar surface area (TPSA) is 97.1 Å². The lowest BCUT2D eigenvalue weighted by Crippen LogP contribution is -2.42. The van der Waals surface area contributed by atoms with Gasteiger partial charge in [-0.15, -0.1) is 11.3 Å². The van der Waals surface area contributed by atoms with E-state index in [1.807, 2.05) is 17.5 Å². The van der Waals surface area contributed by atoms with Crippen LogP contribution in [0.25, 0.3) is 10.7 Å². The van der Waals surface area contributed by atoms with Gasteiger partial charge >= 0.3 is 0 Å². The summed E-state index contributed by atoms with van der Waals surface area (Å²) in [5.74, 6) is -1.07. The minimum absolute atomic E-state index is 0.0314. The Balaban J connectivity index is 1.47. The Bertz CT molecular complexity index is 879. The third-order valence-electron chi connectivity index (χ3n) is 3.21. The molecule has 2 N–H and O–H groups in total. The number of nitrogens with zero attached hydrogens (tertiary/aromatic N) is 2. The van der Waals surface area contributed by atoms with E-state index in [1.165, 1.54) is 29.5 Å². The van der Waals surface area contributed by atoms with Crippen LogP contribution in [0.1, 0.15) is 22.7 Å². The molecule has 0 aliphatic rings. The molecule has 0 fully saturated rings. The smallest absolute Gasteiger partial charge is 0.272 e. The van der Waals surface area contributed by atoms with Crippen molar-refractivity contribution in [3.8, 4) is 10.7 Å². The largest absolute Gasteiger partial charge is 0.339 e. The minimum atomic E-state index is -0.732. The summed E-state index contributed by atoms with van der Waals surface area (Å²) in [6.45, 7) is 0. The normalized spacial score (nSPS) is 10.4. The van der Waals surface area contributed by atoms with Gasteiger partial charge in [0, 0.05) is 12.8 Å². The van der Waals surface area contributed by atoms with E-state index in [-0.39, 0.29) is 18.4 Å². The second kappa shape index (κ2) is 7.67. The Hall–Kier alpha value is -3.07. The Morgan fingerprint density at radius 2 is 2.00 bits per heavy atom. The van der Waals surface area contributed by atoms with Crippen LogP contribution in [0.4, 0.5) is 4.39 Å². The molecule has 0 spiro atoms. The van der Waals surface area contributed by atoms with Gasteiger partial charge in [0.25, 0.3) is 5.91 Å². The van der Waals surface area contributed by atoms with Gasteiger partial charge in [-0.25, -0.2) is 4.39 Å². The van der Waals surface area contributed by atoms with E-state index < -0.39 is 17.6 Å². The highest BCUT2D eigenvalue weighted by Gasteiger charge is 2.13. The monoisotopic (exact) mass is 360 g/mol. The first kappa shape index (κ1) is 16.8. The van der Waals surface area contributed by atoms with Crippen LogP contribution in [0.2, 0.25) is 0 Å². The van der Waals surface area contributed by atoms with Crippen LogP contribution in [-0.4, -0.2) is 22.0 Å². The molecule has 2 amide bonds. The lowest BCUT2D eigenvalue weighted by molar-refractivity contribution is -0.121. The van der Waals surface area contributed by atoms with E-state index >= 15 is 0 Å². The number of rotatable bonds is 5. The molecule has 0 aliphatic carbocycles. The number of amides is 2. The summed E-state index contributed by atoms with van der Waals surface area (Å²) in [5, 5.41) is 5.74. The number of hydrogen-bond acceptors (Lipinski definition) is 6. The molecular weight excluding hydrogens is 347 g/mol. The first-order valence-electron chi connectivity index (χ1n) is 7.33. The van der Waals surface area contributed by atoms with E-state index in [4.69, 9.17) is 4.52 Å². The summed E-state index contributed by atoms with van der Waals surface area (Å²) in [5.41, 5.74) is 4.23. The van der Waals surface area contributed by atoms with Gasteiger partial charge in [0.2, 0.25) is 17.6 Å². The maximum atomic E-state index is 13.5. The van der Waals surface area contributed by atoms with Gasteiger partial charge in [-0.1, -0.05) is 23.4 Å². The number of nitrogens with one attached hydrogen (secondary N) is 2. The van der Waals surface area contributed by atoms with Crippen LogP contribution in [0.15, 0.2) is 46.3 Å². The number of carbonyl (C=O) groups excluding carboxylic acids is 2. The summed E-state index contributed by atoms with van der Waals surface area (Å²) in [4.78, 5) is 28.6. The van der Waals surface area contributed by atoms with Gasteiger partial charge in [0.1, 0.15) is 5.82 Å². The summed E-state index contributed by atoms with van der Waals surface area (Å²) in [6, 6.07) is 9.23. The lowest BCUT2D eigenvalue weighted by atomic mass is 10.2. The highest BCUT2D eigenvalue weighted by atomic mass is 32.1. The van der Waals surface area contributed by atoms with E-state index in [0.717, 1.165) is 10.9 Å². The summed E-state index contributed by atoms with van der Waals surface area (Å²) >= 11 is 1.48. The van der Waals surface area contributed by atoms with Crippen molar-refractivity contribution in [2.75, 3.05) is 0 Å².